The van der Waals surface area contributed by atoms with Gasteiger partial charge in [-0.3, -0.25) is 14.9 Å². The van der Waals surface area contributed by atoms with Crippen LogP contribution >= 0.6 is 11.3 Å². The van der Waals surface area contributed by atoms with Gasteiger partial charge in [0.15, 0.2) is 6.61 Å². The summed E-state index contributed by atoms with van der Waals surface area (Å²) in [5.41, 5.74) is 5.35. The third-order valence-electron chi connectivity index (χ3n) is 4.11. The molecule has 0 radical (unpaired) electrons. The Morgan fingerprint density at radius 2 is 2.00 bits per heavy atom. The largest absolute Gasteiger partial charge is 0.464 e. The number of nitrogens with zero attached hydrogens (tertiary/aromatic N) is 1. The van der Waals surface area contributed by atoms with Crippen LogP contribution in [0.5, 0.6) is 0 Å². The van der Waals surface area contributed by atoms with Crippen molar-refractivity contribution in [2.75, 3.05) is 24.3 Å². The normalized spacial score (nSPS) is 10.4. The molecule has 0 fully saturated rings. The zero-order valence-corrected chi connectivity index (χ0v) is 17.5. The fraction of sp³-hybridized carbons (Fsp3) is 0.150. The summed E-state index contributed by atoms with van der Waals surface area (Å²) >= 11 is 1.07. The van der Waals surface area contributed by atoms with Gasteiger partial charge in [0.25, 0.3) is 11.6 Å². The zero-order chi connectivity index (χ0) is 23.3. The fourth-order valence-electron chi connectivity index (χ4n) is 2.67. The Balaban J connectivity index is 1.71. The summed E-state index contributed by atoms with van der Waals surface area (Å²) in [6.07, 6.45) is 1.45. The van der Waals surface area contributed by atoms with E-state index in [4.69, 9.17) is 19.6 Å². The predicted molar refractivity (Wildman–Crippen MR) is 114 cm³/mol. The number of anilines is 2. The number of esters is 2. The molecule has 3 N–H and O–H groups in total. The van der Waals surface area contributed by atoms with Crippen molar-refractivity contribution in [1.29, 1.82) is 0 Å². The molecule has 0 saturated carbocycles. The van der Waals surface area contributed by atoms with Crippen molar-refractivity contribution in [3.63, 3.8) is 0 Å². The van der Waals surface area contributed by atoms with Gasteiger partial charge in [-0.2, -0.15) is 0 Å². The lowest BCUT2D eigenvalue weighted by atomic mass is 10.1. The molecule has 1 amide bonds. The van der Waals surface area contributed by atoms with Gasteiger partial charge < -0.3 is 24.9 Å². The van der Waals surface area contributed by atoms with E-state index in [0.717, 1.165) is 17.4 Å². The van der Waals surface area contributed by atoms with Crippen LogP contribution in [0.4, 0.5) is 16.4 Å². The number of nitrogen functional groups attached to an aromatic ring is 1. The molecule has 0 aliphatic heterocycles. The molecular formula is C20H17N3O8S. The molecule has 166 valence electrons. The minimum absolute atomic E-state index is 0.110. The summed E-state index contributed by atoms with van der Waals surface area (Å²) in [7, 11) is 0. The average Bonchev–Trinajstić information content (AvgIpc) is 3.42. The van der Waals surface area contributed by atoms with Gasteiger partial charge in [-0.1, -0.05) is 0 Å². The van der Waals surface area contributed by atoms with Crippen molar-refractivity contribution in [3.05, 3.63) is 63.2 Å². The first-order valence-corrected chi connectivity index (χ1v) is 10.0. The van der Waals surface area contributed by atoms with Crippen LogP contribution in [0.15, 0.2) is 46.4 Å². The molecule has 0 atom stereocenters. The van der Waals surface area contributed by atoms with Crippen molar-refractivity contribution < 1.29 is 33.2 Å². The van der Waals surface area contributed by atoms with E-state index in [0.29, 0.717) is 11.3 Å². The molecule has 0 unspecified atom stereocenters. The lowest BCUT2D eigenvalue weighted by Crippen LogP contribution is -2.21. The Labute approximate surface area is 184 Å². The van der Waals surface area contributed by atoms with Crippen LogP contribution in [0.2, 0.25) is 0 Å². The second-order valence-corrected chi connectivity index (χ2v) is 7.09. The van der Waals surface area contributed by atoms with Crippen LogP contribution < -0.4 is 11.1 Å². The maximum absolute atomic E-state index is 12.4. The number of benzene rings is 1. The number of rotatable bonds is 8. The highest BCUT2D eigenvalue weighted by Crippen LogP contribution is 2.36. The first-order valence-electron chi connectivity index (χ1n) is 9.15. The number of nitro benzene ring substituents is 1. The van der Waals surface area contributed by atoms with E-state index in [1.54, 1.807) is 24.4 Å². The van der Waals surface area contributed by atoms with Crippen molar-refractivity contribution in [2.45, 2.75) is 6.92 Å². The lowest BCUT2D eigenvalue weighted by molar-refractivity contribution is -0.383. The molecule has 0 bridgehead atoms. The second-order valence-electron chi connectivity index (χ2n) is 6.21. The molecule has 3 aromatic rings. The van der Waals surface area contributed by atoms with Gasteiger partial charge in [0.05, 0.1) is 23.4 Å². The Morgan fingerprint density at radius 1 is 1.22 bits per heavy atom. The number of amides is 1. The van der Waals surface area contributed by atoms with Crippen molar-refractivity contribution in [2.24, 2.45) is 0 Å². The van der Waals surface area contributed by atoms with E-state index >= 15 is 0 Å². The molecule has 1 aromatic carbocycles. The standard InChI is InChI=1S/C20H17N3O8S/c1-2-29-20(26)17-12(15-4-3-7-30-15)10-32-18(17)22-16(24)9-31-19(25)11-5-6-13(21)14(8-11)23(27)28/h3-8,10H,2,9,21H2,1H3,(H,22,24). The number of hydrogen-bond acceptors (Lipinski definition) is 10. The van der Waals surface area contributed by atoms with E-state index in [2.05, 4.69) is 5.32 Å². The Hall–Kier alpha value is -4.19. The third kappa shape index (κ3) is 4.92. The molecule has 3 rings (SSSR count). The van der Waals surface area contributed by atoms with Gasteiger partial charge in [-0.25, -0.2) is 9.59 Å². The van der Waals surface area contributed by atoms with Gasteiger partial charge in [0.2, 0.25) is 0 Å². The number of nitrogens with one attached hydrogen (secondary N) is 1. The van der Waals surface area contributed by atoms with Crippen LogP contribution in [0.25, 0.3) is 11.3 Å². The van der Waals surface area contributed by atoms with Gasteiger partial charge in [-0.15, -0.1) is 11.3 Å². The SMILES string of the molecule is CCOC(=O)c1c(-c2ccco2)csc1NC(=O)COC(=O)c1ccc(N)c([N+](=O)[O-])c1. The molecule has 12 heteroatoms. The van der Waals surface area contributed by atoms with Crippen molar-refractivity contribution in [1.82, 2.24) is 0 Å². The molecule has 11 nitrogen and oxygen atoms in total. The van der Waals surface area contributed by atoms with Gasteiger partial charge in [-0.05, 0) is 31.2 Å². The maximum atomic E-state index is 12.4. The lowest BCUT2D eigenvalue weighted by Gasteiger charge is -2.08. The van der Waals surface area contributed by atoms with Gasteiger partial charge >= 0.3 is 11.9 Å². The highest BCUT2D eigenvalue weighted by atomic mass is 32.1. The summed E-state index contributed by atoms with van der Waals surface area (Å²) in [6.45, 7) is 1.09. The predicted octanol–water partition coefficient (Wildman–Crippen LogP) is 3.47. The number of furan rings is 1. The van der Waals surface area contributed by atoms with E-state index < -0.39 is 35.1 Å². The van der Waals surface area contributed by atoms with Crippen LogP contribution in [0.3, 0.4) is 0 Å². The topological polar surface area (TPSA) is 164 Å². The molecule has 0 saturated heterocycles. The van der Waals surface area contributed by atoms with Crippen LogP contribution in [-0.2, 0) is 14.3 Å². The van der Waals surface area contributed by atoms with E-state index in [-0.39, 0.29) is 28.4 Å². The first-order chi connectivity index (χ1) is 15.3. The van der Waals surface area contributed by atoms with Crippen molar-refractivity contribution in [3.8, 4) is 11.3 Å². The minimum atomic E-state index is -0.948. The van der Waals surface area contributed by atoms with Crippen LogP contribution in [0.1, 0.15) is 27.6 Å². The fourth-order valence-corrected chi connectivity index (χ4v) is 3.63. The summed E-state index contributed by atoms with van der Waals surface area (Å²) < 4.78 is 15.3. The Bertz CT molecular complexity index is 1170. The highest BCUT2D eigenvalue weighted by molar-refractivity contribution is 7.15. The van der Waals surface area contributed by atoms with E-state index in [9.17, 15) is 24.5 Å². The molecule has 0 spiro atoms. The summed E-state index contributed by atoms with van der Waals surface area (Å²) in [4.78, 5) is 47.1. The van der Waals surface area contributed by atoms with E-state index in [1.165, 1.54) is 18.4 Å². The molecule has 2 heterocycles. The summed E-state index contributed by atoms with van der Waals surface area (Å²) in [6, 6.07) is 6.72. The number of ether oxygens (including phenoxy) is 2. The Kier molecular flexibility index (Phi) is 6.85. The summed E-state index contributed by atoms with van der Waals surface area (Å²) in [5.74, 6) is -1.90. The van der Waals surface area contributed by atoms with E-state index in [1.807, 2.05) is 0 Å². The third-order valence-corrected chi connectivity index (χ3v) is 5.00. The maximum Gasteiger partial charge on any atom is 0.341 e. The van der Waals surface area contributed by atoms with Gasteiger partial charge in [0.1, 0.15) is 22.0 Å². The Morgan fingerprint density at radius 3 is 2.66 bits per heavy atom. The second kappa shape index (κ2) is 9.75. The average molecular weight is 459 g/mol. The monoisotopic (exact) mass is 459 g/mol. The smallest absolute Gasteiger partial charge is 0.341 e. The number of thiophene rings is 1. The molecule has 32 heavy (non-hydrogen) atoms. The van der Waals surface area contributed by atoms with Crippen molar-refractivity contribution >= 4 is 45.6 Å². The highest BCUT2D eigenvalue weighted by Gasteiger charge is 2.24. The molecular weight excluding hydrogens is 442 g/mol. The van der Waals surface area contributed by atoms with Gasteiger partial charge in [0, 0.05) is 17.0 Å². The molecule has 0 aliphatic carbocycles. The minimum Gasteiger partial charge on any atom is -0.464 e. The first kappa shape index (κ1) is 22.5. The number of nitrogens with two attached hydrogens (primary N) is 1. The number of hydrogen-bond donors (Lipinski definition) is 2. The number of nitro groups is 1. The molecule has 0 aliphatic rings. The quantitative estimate of drug-likeness (QED) is 0.222. The van der Waals surface area contributed by atoms with Crippen LogP contribution in [-0.4, -0.2) is 36.0 Å². The number of carbonyl (C=O) groups is 3. The zero-order valence-electron chi connectivity index (χ0n) is 16.7. The summed E-state index contributed by atoms with van der Waals surface area (Å²) in [5, 5.41) is 15.3. The molecule has 2 aromatic heterocycles. The van der Waals surface area contributed by atoms with Crippen LogP contribution in [0, 0.1) is 10.1 Å². The number of carbonyl (C=O) groups excluding carboxylic acids is 3.